The third-order valence-corrected chi connectivity index (χ3v) is 7.77. The van der Waals surface area contributed by atoms with Crippen molar-refractivity contribution in [3.63, 3.8) is 0 Å². The Labute approximate surface area is 159 Å². The van der Waals surface area contributed by atoms with E-state index in [1.54, 1.807) is 29.4 Å². The summed E-state index contributed by atoms with van der Waals surface area (Å²) in [5.74, 6) is 0. The average molecular weight is 395 g/mol. The van der Waals surface area contributed by atoms with Crippen LogP contribution in [0.3, 0.4) is 0 Å². The monoisotopic (exact) mass is 394 g/mol. The van der Waals surface area contributed by atoms with Crippen LogP contribution in [0.15, 0.2) is 23.1 Å². The second-order valence-electron chi connectivity index (χ2n) is 7.18. The standard InChI is InChI=1S/C18H23ClN4O2S/c1-13-12-14(19)6-7-18(13)26(24,25)22-10-8-15(9-11-22)23-17-5-3-2-4-16(17)20-21-23/h6-7,12,15H,2-5,8-11H2,1H3. The van der Waals surface area contributed by atoms with Gasteiger partial charge in [-0.25, -0.2) is 13.1 Å². The third kappa shape index (κ3) is 3.17. The SMILES string of the molecule is Cc1cc(Cl)ccc1S(=O)(=O)N1CCC(n2nnc3c2CCCC3)CC1. The van der Waals surface area contributed by atoms with E-state index >= 15 is 0 Å². The Hall–Kier alpha value is -1.44. The highest BCUT2D eigenvalue weighted by molar-refractivity contribution is 7.89. The first-order valence-electron chi connectivity index (χ1n) is 9.16. The highest BCUT2D eigenvalue weighted by Gasteiger charge is 2.32. The lowest BCUT2D eigenvalue weighted by atomic mass is 9.99. The molecule has 1 aromatic heterocycles. The summed E-state index contributed by atoms with van der Waals surface area (Å²) in [4.78, 5) is 0.346. The third-order valence-electron chi connectivity index (χ3n) is 5.47. The van der Waals surface area contributed by atoms with Gasteiger partial charge in [-0.2, -0.15) is 4.31 Å². The lowest BCUT2D eigenvalue weighted by Gasteiger charge is -2.32. The van der Waals surface area contributed by atoms with Gasteiger partial charge in [-0.15, -0.1) is 5.10 Å². The summed E-state index contributed by atoms with van der Waals surface area (Å²) in [6.45, 7) is 2.79. The molecule has 2 aromatic rings. The van der Waals surface area contributed by atoms with Crippen molar-refractivity contribution >= 4 is 21.6 Å². The van der Waals surface area contributed by atoms with Gasteiger partial charge in [0.2, 0.25) is 10.0 Å². The van der Waals surface area contributed by atoms with Crippen LogP contribution >= 0.6 is 11.6 Å². The fraction of sp³-hybridized carbons (Fsp3) is 0.556. The predicted molar refractivity (Wildman–Crippen MR) is 99.9 cm³/mol. The molecule has 8 heteroatoms. The lowest BCUT2D eigenvalue weighted by molar-refractivity contribution is 0.254. The summed E-state index contributed by atoms with van der Waals surface area (Å²) in [5.41, 5.74) is 3.07. The zero-order chi connectivity index (χ0) is 18.3. The van der Waals surface area contributed by atoms with Crippen molar-refractivity contribution in [1.82, 2.24) is 19.3 Å². The summed E-state index contributed by atoms with van der Waals surface area (Å²) in [6.07, 6.45) is 5.94. The number of aryl methyl sites for hydroxylation is 2. The van der Waals surface area contributed by atoms with Crippen molar-refractivity contribution in [3.05, 3.63) is 40.2 Å². The molecular formula is C18H23ClN4O2S. The van der Waals surface area contributed by atoms with Gasteiger partial charge in [0.05, 0.1) is 22.3 Å². The molecule has 6 nitrogen and oxygen atoms in total. The quantitative estimate of drug-likeness (QED) is 0.801. The normalized spacial score (nSPS) is 19.5. The number of nitrogens with zero attached hydrogens (tertiary/aromatic N) is 4. The molecular weight excluding hydrogens is 372 g/mol. The molecule has 1 aliphatic heterocycles. The van der Waals surface area contributed by atoms with Gasteiger partial charge in [-0.1, -0.05) is 16.8 Å². The van der Waals surface area contributed by atoms with Crippen LogP contribution in [-0.2, 0) is 22.9 Å². The van der Waals surface area contributed by atoms with Crippen molar-refractivity contribution in [1.29, 1.82) is 0 Å². The van der Waals surface area contributed by atoms with Gasteiger partial charge >= 0.3 is 0 Å². The van der Waals surface area contributed by atoms with Crippen molar-refractivity contribution in [2.45, 2.75) is 56.4 Å². The molecule has 0 saturated carbocycles. The molecule has 0 spiro atoms. The Morgan fingerprint density at radius 2 is 1.88 bits per heavy atom. The minimum atomic E-state index is -3.49. The van der Waals surface area contributed by atoms with Gasteiger partial charge < -0.3 is 0 Å². The largest absolute Gasteiger partial charge is 0.246 e. The predicted octanol–water partition coefficient (Wildman–Crippen LogP) is 3.14. The van der Waals surface area contributed by atoms with Crippen LogP contribution in [0.4, 0.5) is 0 Å². The molecule has 2 aliphatic rings. The first kappa shape index (κ1) is 17.9. The lowest BCUT2D eigenvalue weighted by Crippen LogP contribution is -2.39. The van der Waals surface area contributed by atoms with Crippen molar-refractivity contribution in [3.8, 4) is 0 Å². The molecule has 0 radical (unpaired) electrons. The Bertz CT molecular complexity index is 917. The van der Waals surface area contributed by atoms with E-state index in [1.165, 1.54) is 18.5 Å². The van der Waals surface area contributed by atoms with E-state index in [4.69, 9.17) is 11.6 Å². The topological polar surface area (TPSA) is 68.1 Å². The molecule has 0 bridgehead atoms. The number of benzene rings is 1. The molecule has 0 atom stereocenters. The number of rotatable bonds is 3. The molecule has 1 aromatic carbocycles. The van der Waals surface area contributed by atoms with Gasteiger partial charge in [0, 0.05) is 18.1 Å². The van der Waals surface area contributed by atoms with Crippen LogP contribution in [0.2, 0.25) is 5.02 Å². The van der Waals surface area contributed by atoms with E-state index in [9.17, 15) is 8.42 Å². The number of sulfonamides is 1. The molecule has 140 valence electrons. The van der Waals surface area contributed by atoms with E-state index in [0.29, 0.717) is 28.6 Å². The fourth-order valence-corrected chi connectivity index (χ4v) is 5.95. The van der Waals surface area contributed by atoms with E-state index < -0.39 is 10.0 Å². The Balaban J connectivity index is 1.50. The van der Waals surface area contributed by atoms with Crippen LogP contribution < -0.4 is 0 Å². The Morgan fingerprint density at radius 1 is 1.15 bits per heavy atom. The maximum atomic E-state index is 13.0. The van der Waals surface area contributed by atoms with Gasteiger partial charge in [0.1, 0.15) is 0 Å². The number of halogens is 1. The second kappa shape index (κ2) is 6.94. The van der Waals surface area contributed by atoms with Gasteiger partial charge in [0.15, 0.2) is 0 Å². The summed E-state index contributed by atoms with van der Waals surface area (Å²) >= 11 is 5.96. The average Bonchev–Trinajstić information content (AvgIpc) is 3.05. The number of aromatic nitrogens is 3. The molecule has 0 unspecified atom stereocenters. The fourth-order valence-electron chi connectivity index (χ4n) is 4.05. The molecule has 1 aliphatic carbocycles. The highest BCUT2D eigenvalue weighted by Crippen LogP contribution is 2.31. The van der Waals surface area contributed by atoms with Gasteiger partial charge in [-0.3, -0.25) is 0 Å². The first-order chi connectivity index (χ1) is 12.5. The summed E-state index contributed by atoms with van der Waals surface area (Å²) in [5, 5.41) is 9.26. The molecule has 0 amide bonds. The summed E-state index contributed by atoms with van der Waals surface area (Å²) in [6, 6.07) is 5.17. The molecule has 1 fully saturated rings. The number of piperidine rings is 1. The molecule has 26 heavy (non-hydrogen) atoms. The Kier molecular flexibility index (Phi) is 4.79. The molecule has 0 N–H and O–H groups in total. The smallest absolute Gasteiger partial charge is 0.243 e. The van der Waals surface area contributed by atoms with Crippen LogP contribution in [0, 0.1) is 6.92 Å². The van der Waals surface area contributed by atoms with Crippen molar-refractivity contribution in [2.75, 3.05) is 13.1 Å². The Morgan fingerprint density at radius 3 is 2.62 bits per heavy atom. The highest BCUT2D eigenvalue weighted by atomic mass is 35.5. The first-order valence-corrected chi connectivity index (χ1v) is 11.0. The van der Waals surface area contributed by atoms with Crippen LogP contribution in [0.5, 0.6) is 0 Å². The van der Waals surface area contributed by atoms with E-state index in [1.807, 2.05) is 0 Å². The van der Waals surface area contributed by atoms with Crippen molar-refractivity contribution < 1.29 is 8.42 Å². The van der Waals surface area contributed by atoms with Crippen LogP contribution in [0.1, 0.15) is 48.7 Å². The number of hydrogen-bond donors (Lipinski definition) is 0. The minimum Gasteiger partial charge on any atom is -0.246 e. The zero-order valence-corrected chi connectivity index (χ0v) is 16.4. The van der Waals surface area contributed by atoms with Gasteiger partial charge in [-0.05, 0) is 69.2 Å². The van der Waals surface area contributed by atoms with Crippen LogP contribution in [0.25, 0.3) is 0 Å². The van der Waals surface area contributed by atoms with E-state index in [2.05, 4.69) is 15.0 Å². The second-order valence-corrected chi connectivity index (χ2v) is 9.52. The number of fused-ring (bicyclic) bond motifs is 1. The molecule has 1 saturated heterocycles. The molecule has 4 rings (SSSR count). The van der Waals surface area contributed by atoms with Crippen LogP contribution in [-0.4, -0.2) is 40.8 Å². The van der Waals surface area contributed by atoms with Crippen molar-refractivity contribution in [2.24, 2.45) is 0 Å². The summed E-state index contributed by atoms with van der Waals surface area (Å²) in [7, 11) is -3.49. The minimum absolute atomic E-state index is 0.238. The number of hydrogen-bond acceptors (Lipinski definition) is 4. The van der Waals surface area contributed by atoms with E-state index in [0.717, 1.165) is 31.4 Å². The molecule has 2 heterocycles. The maximum absolute atomic E-state index is 13.0. The zero-order valence-electron chi connectivity index (χ0n) is 14.9. The summed E-state index contributed by atoms with van der Waals surface area (Å²) < 4.78 is 29.6. The maximum Gasteiger partial charge on any atom is 0.243 e. The van der Waals surface area contributed by atoms with Gasteiger partial charge in [0.25, 0.3) is 0 Å². The van der Waals surface area contributed by atoms with E-state index in [-0.39, 0.29) is 6.04 Å².